The van der Waals surface area contributed by atoms with E-state index in [1.54, 1.807) is 12.1 Å². The summed E-state index contributed by atoms with van der Waals surface area (Å²) >= 11 is 0. The molecule has 0 unspecified atom stereocenters. The van der Waals surface area contributed by atoms with E-state index in [0.717, 1.165) is 6.92 Å². The van der Waals surface area contributed by atoms with Crippen LogP contribution in [-0.2, 0) is 12.3 Å². The third kappa shape index (κ3) is 2.00. The molecule has 1 rings (SSSR count). The first kappa shape index (κ1) is 9.10. The molecule has 0 spiro atoms. The summed E-state index contributed by atoms with van der Waals surface area (Å²) in [5, 5.41) is 0. The van der Waals surface area contributed by atoms with Crippen LogP contribution in [0, 0.1) is 0 Å². The van der Waals surface area contributed by atoms with Gasteiger partial charge in [0.2, 0.25) is 0 Å². The molecule has 1 nitrogen and oxygen atoms in total. The molecular weight excluding hydrogens is 160 g/mol. The molecule has 0 saturated heterocycles. The fraction of sp³-hybridized carbons (Fsp3) is 0.444. The highest BCUT2D eigenvalue weighted by molar-refractivity contribution is 5.14. The minimum Gasteiger partial charge on any atom is -0.252 e. The maximum atomic E-state index is 12.7. The number of alkyl halides is 2. The van der Waals surface area contributed by atoms with Crippen molar-refractivity contribution in [3.8, 4) is 0 Å². The lowest BCUT2D eigenvalue weighted by Crippen LogP contribution is -2.10. The molecule has 0 atom stereocenters. The molecule has 66 valence electrons. The van der Waals surface area contributed by atoms with Crippen LogP contribution in [0.25, 0.3) is 0 Å². The third-order valence-electron chi connectivity index (χ3n) is 1.62. The van der Waals surface area contributed by atoms with Crippen LogP contribution < -0.4 is 0 Å². The number of aryl methyl sites for hydroxylation is 1. The van der Waals surface area contributed by atoms with Crippen LogP contribution in [0.15, 0.2) is 18.2 Å². The van der Waals surface area contributed by atoms with Crippen LogP contribution in [0.2, 0.25) is 0 Å². The van der Waals surface area contributed by atoms with Gasteiger partial charge in [-0.2, -0.15) is 8.78 Å². The van der Waals surface area contributed by atoms with Crippen LogP contribution in [-0.4, -0.2) is 4.98 Å². The first-order valence-corrected chi connectivity index (χ1v) is 3.88. The van der Waals surface area contributed by atoms with Gasteiger partial charge in [-0.05, 0) is 18.6 Å². The van der Waals surface area contributed by atoms with Gasteiger partial charge in [0, 0.05) is 12.6 Å². The number of pyridine rings is 1. The molecule has 0 fully saturated rings. The van der Waals surface area contributed by atoms with Crippen molar-refractivity contribution in [2.45, 2.75) is 26.2 Å². The Kier molecular flexibility index (Phi) is 2.40. The van der Waals surface area contributed by atoms with Crippen molar-refractivity contribution in [1.29, 1.82) is 0 Å². The topological polar surface area (TPSA) is 12.9 Å². The monoisotopic (exact) mass is 171 g/mol. The number of halogens is 2. The van der Waals surface area contributed by atoms with Gasteiger partial charge in [0.05, 0.1) is 0 Å². The molecule has 1 aromatic rings. The molecular formula is C9H11F2N. The van der Waals surface area contributed by atoms with Crippen molar-refractivity contribution in [3.63, 3.8) is 0 Å². The van der Waals surface area contributed by atoms with Crippen molar-refractivity contribution < 1.29 is 8.78 Å². The smallest absolute Gasteiger partial charge is 0.252 e. The Morgan fingerprint density at radius 3 is 2.58 bits per heavy atom. The van der Waals surface area contributed by atoms with Gasteiger partial charge in [-0.3, -0.25) is 4.98 Å². The van der Waals surface area contributed by atoms with E-state index < -0.39 is 5.92 Å². The maximum Gasteiger partial charge on any atom is 0.286 e. The Morgan fingerprint density at radius 1 is 1.42 bits per heavy atom. The number of aromatic nitrogens is 1. The maximum absolute atomic E-state index is 12.7. The third-order valence-corrected chi connectivity index (χ3v) is 1.62. The summed E-state index contributed by atoms with van der Waals surface area (Å²) in [5.74, 6) is -2.83. The lowest BCUT2D eigenvalue weighted by atomic mass is 10.2. The second-order valence-corrected chi connectivity index (χ2v) is 2.76. The number of hydrogen-bond donors (Lipinski definition) is 0. The second-order valence-electron chi connectivity index (χ2n) is 2.76. The summed E-state index contributed by atoms with van der Waals surface area (Å²) in [6, 6.07) is 4.70. The van der Waals surface area contributed by atoms with Crippen molar-refractivity contribution >= 4 is 0 Å². The van der Waals surface area contributed by atoms with Crippen LogP contribution in [0.4, 0.5) is 8.78 Å². The predicted molar refractivity (Wildman–Crippen MR) is 43.2 cm³/mol. The molecule has 0 bridgehead atoms. The highest BCUT2D eigenvalue weighted by Crippen LogP contribution is 2.24. The number of hydrogen-bond acceptors (Lipinski definition) is 1. The first-order valence-electron chi connectivity index (χ1n) is 3.88. The zero-order valence-corrected chi connectivity index (χ0v) is 7.14. The van der Waals surface area contributed by atoms with Crippen molar-refractivity contribution in [1.82, 2.24) is 4.98 Å². The Morgan fingerprint density at radius 2 is 2.08 bits per heavy atom. The normalized spacial score (nSPS) is 11.7. The van der Waals surface area contributed by atoms with Crippen LogP contribution in [0.1, 0.15) is 25.2 Å². The van der Waals surface area contributed by atoms with E-state index in [9.17, 15) is 8.78 Å². The zero-order chi connectivity index (χ0) is 9.19. The van der Waals surface area contributed by atoms with Gasteiger partial charge < -0.3 is 0 Å². The van der Waals surface area contributed by atoms with Gasteiger partial charge in [-0.1, -0.05) is 13.0 Å². The largest absolute Gasteiger partial charge is 0.286 e. The zero-order valence-electron chi connectivity index (χ0n) is 7.14. The Balaban J connectivity index is 3.02. The lowest BCUT2D eigenvalue weighted by molar-refractivity contribution is 0.0126. The second kappa shape index (κ2) is 3.17. The van der Waals surface area contributed by atoms with Gasteiger partial charge in [0.25, 0.3) is 5.92 Å². The van der Waals surface area contributed by atoms with Crippen LogP contribution >= 0.6 is 0 Å². The van der Waals surface area contributed by atoms with E-state index in [1.807, 2.05) is 6.92 Å². The fourth-order valence-electron chi connectivity index (χ4n) is 0.921. The number of nitrogens with zero attached hydrogens (tertiary/aromatic N) is 1. The summed E-state index contributed by atoms with van der Waals surface area (Å²) in [6.07, 6.45) is 0.684. The van der Waals surface area contributed by atoms with Gasteiger partial charge >= 0.3 is 0 Å². The predicted octanol–water partition coefficient (Wildman–Crippen LogP) is 2.76. The SMILES string of the molecule is CCc1cccc(C(C)(F)F)n1. The molecule has 0 radical (unpaired) electrons. The van der Waals surface area contributed by atoms with Gasteiger partial charge in [-0.15, -0.1) is 0 Å². The van der Waals surface area contributed by atoms with Gasteiger partial charge in [0.1, 0.15) is 5.69 Å². The molecule has 3 heteroatoms. The van der Waals surface area contributed by atoms with Crippen molar-refractivity contribution in [2.75, 3.05) is 0 Å². The molecule has 12 heavy (non-hydrogen) atoms. The summed E-state index contributed by atoms with van der Waals surface area (Å²) in [4.78, 5) is 3.81. The van der Waals surface area contributed by atoms with E-state index >= 15 is 0 Å². The molecule has 0 N–H and O–H groups in total. The molecule has 0 aliphatic carbocycles. The van der Waals surface area contributed by atoms with Crippen molar-refractivity contribution in [2.24, 2.45) is 0 Å². The Labute approximate surface area is 70.4 Å². The lowest BCUT2D eigenvalue weighted by Gasteiger charge is -2.09. The average molecular weight is 171 g/mol. The van der Waals surface area contributed by atoms with E-state index in [0.29, 0.717) is 12.1 Å². The molecule has 0 aromatic carbocycles. The highest BCUT2D eigenvalue weighted by atomic mass is 19.3. The Hall–Kier alpha value is -0.990. The molecule has 0 aliphatic heterocycles. The average Bonchev–Trinajstić information content (AvgIpc) is 2.03. The van der Waals surface area contributed by atoms with Gasteiger partial charge in [-0.25, -0.2) is 0 Å². The summed E-state index contributed by atoms with van der Waals surface area (Å²) in [6.45, 7) is 2.74. The minimum atomic E-state index is -2.83. The van der Waals surface area contributed by atoms with Crippen LogP contribution in [0.3, 0.4) is 0 Å². The van der Waals surface area contributed by atoms with Gasteiger partial charge in [0.15, 0.2) is 0 Å². The molecule has 0 amide bonds. The molecule has 1 heterocycles. The molecule has 0 saturated carbocycles. The Bertz CT molecular complexity index is 265. The summed E-state index contributed by atoms with van der Waals surface area (Å²) < 4.78 is 25.4. The molecule has 1 aromatic heterocycles. The summed E-state index contributed by atoms with van der Waals surface area (Å²) in [7, 11) is 0. The number of rotatable bonds is 2. The summed E-state index contributed by atoms with van der Waals surface area (Å²) in [5.41, 5.74) is 0.552. The fourth-order valence-corrected chi connectivity index (χ4v) is 0.921. The van der Waals surface area contributed by atoms with E-state index in [2.05, 4.69) is 4.98 Å². The highest BCUT2D eigenvalue weighted by Gasteiger charge is 2.25. The van der Waals surface area contributed by atoms with E-state index in [4.69, 9.17) is 0 Å². The first-order chi connectivity index (χ1) is 5.54. The standard InChI is InChI=1S/C9H11F2N/c1-3-7-5-4-6-8(12-7)9(2,10)11/h4-6H,3H2,1-2H3. The van der Waals surface area contributed by atoms with Crippen molar-refractivity contribution in [3.05, 3.63) is 29.6 Å². The van der Waals surface area contributed by atoms with Crippen LogP contribution in [0.5, 0.6) is 0 Å². The molecule has 0 aliphatic rings. The van der Waals surface area contributed by atoms with E-state index in [1.165, 1.54) is 6.07 Å². The quantitative estimate of drug-likeness (QED) is 0.666. The van der Waals surface area contributed by atoms with E-state index in [-0.39, 0.29) is 5.69 Å². The minimum absolute atomic E-state index is 0.151.